The topological polar surface area (TPSA) is 194 Å². The minimum absolute atomic E-state index is 0.103. The molecule has 0 aromatic heterocycles. The average Bonchev–Trinajstić information content (AvgIpc) is 2.32. The van der Waals surface area contributed by atoms with E-state index in [0.29, 0.717) is 6.42 Å². The molecule has 0 aromatic rings. The number of carbonyl (C=O) groups is 3. The molecule has 0 aliphatic rings. The van der Waals surface area contributed by atoms with Crippen LogP contribution in [-0.4, -0.2) is 52.6 Å². The summed E-state index contributed by atoms with van der Waals surface area (Å²) < 4.78 is 0. The SMILES string of the molecule is NC(N)=NCCCC(NC(=O)CC(N)C(=O)O)C(=O)O. The van der Waals surface area contributed by atoms with E-state index in [-0.39, 0.29) is 18.9 Å². The zero-order valence-electron chi connectivity index (χ0n) is 10.8. The number of aliphatic carboxylic acids is 2. The van der Waals surface area contributed by atoms with E-state index in [1.807, 2.05) is 0 Å². The van der Waals surface area contributed by atoms with Crippen molar-refractivity contribution in [3.8, 4) is 0 Å². The number of carbonyl (C=O) groups excluding carboxylic acids is 1. The van der Waals surface area contributed by atoms with E-state index in [0.717, 1.165) is 0 Å². The summed E-state index contributed by atoms with van der Waals surface area (Å²) in [5.74, 6) is -3.41. The fourth-order valence-electron chi connectivity index (χ4n) is 1.30. The van der Waals surface area contributed by atoms with Crippen molar-refractivity contribution in [2.24, 2.45) is 22.2 Å². The molecule has 1 amide bonds. The Kier molecular flexibility index (Phi) is 7.67. The standard InChI is InChI=1S/C10H19N5O5/c11-5(8(17)18)4-7(16)15-6(9(19)20)2-1-3-14-10(12)13/h5-6H,1-4,11H2,(H,15,16)(H,17,18)(H,19,20)(H4,12,13,14). The number of carboxylic acids is 2. The Morgan fingerprint density at radius 2 is 1.75 bits per heavy atom. The van der Waals surface area contributed by atoms with Gasteiger partial charge in [0.05, 0.1) is 6.42 Å². The van der Waals surface area contributed by atoms with Gasteiger partial charge in [0.15, 0.2) is 5.96 Å². The zero-order valence-corrected chi connectivity index (χ0v) is 10.8. The second-order valence-corrected chi connectivity index (χ2v) is 4.06. The molecule has 0 heterocycles. The molecule has 0 radical (unpaired) electrons. The average molecular weight is 289 g/mol. The predicted octanol–water partition coefficient (Wildman–Crippen LogP) is -2.59. The third-order valence-corrected chi connectivity index (χ3v) is 2.30. The largest absolute Gasteiger partial charge is 0.480 e. The highest BCUT2D eigenvalue weighted by atomic mass is 16.4. The van der Waals surface area contributed by atoms with Crippen LogP contribution in [0.1, 0.15) is 19.3 Å². The molecule has 9 N–H and O–H groups in total. The molecule has 20 heavy (non-hydrogen) atoms. The molecule has 0 aliphatic carbocycles. The second-order valence-electron chi connectivity index (χ2n) is 4.06. The van der Waals surface area contributed by atoms with E-state index >= 15 is 0 Å². The number of nitrogens with two attached hydrogens (primary N) is 3. The van der Waals surface area contributed by atoms with Crippen LogP contribution in [-0.2, 0) is 14.4 Å². The number of carboxylic acid groups (broad SMARTS) is 2. The van der Waals surface area contributed by atoms with Crippen LogP contribution in [0.5, 0.6) is 0 Å². The molecular formula is C10H19N5O5. The van der Waals surface area contributed by atoms with Crippen molar-refractivity contribution in [1.82, 2.24) is 5.32 Å². The molecule has 0 fully saturated rings. The summed E-state index contributed by atoms with van der Waals surface area (Å²) >= 11 is 0. The summed E-state index contributed by atoms with van der Waals surface area (Å²) in [5, 5.41) is 19.7. The van der Waals surface area contributed by atoms with Gasteiger partial charge in [0.2, 0.25) is 5.91 Å². The van der Waals surface area contributed by atoms with Crippen LogP contribution in [0.2, 0.25) is 0 Å². The number of nitrogens with zero attached hydrogens (tertiary/aromatic N) is 1. The van der Waals surface area contributed by atoms with E-state index in [4.69, 9.17) is 27.4 Å². The summed E-state index contributed by atoms with van der Waals surface area (Å²) in [4.78, 5) is 36.5. The summed E-state index contributed by atoms with van der Waals surface area (Å²) in [7, 11) is 0. The van der Waals surface area contributed by atoms with E-state index in [1.54, 1.807) is 0 Å². The predicted molar refractivity (Wildman–Crippen MR) is 69.7 cm³/mol. The lowest BCUT2D eigenvalue weighted by Crippen LogP contribution is -2.44. The minimum Gasteiger partial charge on any atom is -0.480 e. The van der Waals surface area contributed by atoms with Gasteiger partial charge in [-0.25, -0.2) is 4.79 Å². The molecule has 0 aliphatic heterocycles. The van der Waals surface area contributed by atoms with Gasteiger partial charge in [-0.2, -0.15) is 0 Å². The van der Waals surface area contributed by atoms with Gasteiger partial charge in [0, 0.05) is 6.54 Å². The Morgan fingerprint density at radius 3 is 2.20 bits per heavy atom. The van der Waals surface area contributed by atoms with E-state index in [2.05, 4.69) is 10.3 Å². The summed E-state index contributed by atoms with van der Waals surface area (Å²) in [6.45, 7) is 0.233. The van der Waals surface area contributed by atoms with Crippen molar-refractivity contribution >= 4 is 23.8 Å². The lowest BCUT2D eigenvalue weighted by atomic mass is 10.1. The minimum atomic E-state index is -1.37. The molecular weight excluding hydrogens is 270 g/mol. The normalized spacial score (nSPS) is 13.1. The van der Waals surface area contributed by atoms with Crippen molar-refractivity contribution < 1.29 is 24.6 Å². The molecule has 10 heteroatoms. The van der Waals surface area contributed by atoms with Gasteiger partial charge < -0.3 is 32.7 Å². The Morgan fingerprint density at radius 1 is 1.15 bits per heavy atom. The van der Waals surface area contributed by atoms with Crippen molar-refractivity contribution in [3.63, 3.8) is 0 Å². The molecule has 0 aromatic carbocycles. The maximum atomic E-state index is 11.4. The van der Waals surface area contributed by atoms with Gasteiger partial charge in [-0.05, 0) is 12.8 Å². The van der Waals surface area contributed by atoms with E-state index < -0.39 is 36.4 Å². The van der Waals surface area contributed by atoms with Crippen LogP contribution in [0.15, 0.2) is 4.99 Å². The number of nitrogens with one attached hydrogen (secondary N) is 1. The summed E-state index contributed by atoms with van der Waals surface area (Å²) in [6.07, 6.45) is -0.0344. The molecule has 114 valence electrons. The van der Waals surface area contributed by atoms with Gasteiger partial charge in [-0.15, -0.1) is 0 Å². The van der Waals surface area contributed by atoms with E-state index in [9.17, 15) is 14.4 Å². The molecule has 0 saturated carbocycles. The molecule has 2 unspecified atom stereocenters. The van der Waals surface area contributed by atoms with Crippen LogP contribution >= 0.6 is 0 Å². The molecule has 0 bridgehead atoms. The van der Waals surface area contributed by atoms with Crippen LogP contribution in [0.4, 0.5) is 0 Å². The van der Waals surface area contributed by atoms with Gasteiger partial charge in [0.25, 0.3) is 0 Å². The summed E-state index contributed by atoms with van der Waals surface area (Å²) in [6, 6.07) is -2.51. The molecule has 0 spiro atoms. The zero-order chi connectivity index (χ0) is 15.7. The highest BCUT2D eigenvalue weighted by molar-refractivity contribution is 5.87. The molecule has 10 nitrogen and oxygen atoms in total. The lowest BCUT2D eigenvalue weighted by Gasteiger charge is -2.15. The monoisotopic (exact) mass is 289 g/mol. The van der Waals surface area contributed by atoms with Crippen molar-refractivity contribution in [2.45, 2.75) is 31.3 Å². The Balaban J connectivity index is 4.27. The highest BCUT2D eigenvalue weighted by Crippen LogP contribution is 2.00. The van der Waals surface area contributed by atoms with Crippen LogP contribution in [0, 0.1) is 0 Å². The number of hydrogen-bond acceptors (Lipinski definition) is 5. The number of hydrogen-bond donors (Lipinski definition) is 6. The smallest absolute Gasteiger partial charge is 0.326 e. The first-order chi connectivity index (χ1) is 9.23. The molecule has 2 atom stereocenters. The third kappa shape index (κ3) is 7.87. The highest BCUT2D eigenvalue weighted by Gasteiger charge is 2.22. The Bertz CT molecular complexity index is 393. The number of rotatable bonds is 9. The van der Waals surface area contributed by atoms with Crippen molar-refractivity contribution in [2.75, 3.05) is 6.54 Å². The van der Waals surface area contributed by atoms with Crippen LogP contribution in [0.3, 0.4) is 0 Å². The molecule has 0 rings (SSSR count). The first kappa shape index (κ1) is 17.6. The van der Waals surface area contributed by atoms with Gasteiger partial charge >= 0.3 is 11.9 Å². The van der Waals surface area contributed by atoms with Crippen molar-refractivity contribution in [1.29, 1.82) is 0 Å². The van der Waals surface area contributed by atoms with Gasteiger partial charge in [0.1, 0.15) is 12.1 Å². The number of amides is 1. The van der Waals surface area contributed by atoms with Crippen LogP contribution in [0.25, 0.3) is 0 Å². The fourth-order valence-corrected chi connectivity index (χ4v) is 1.30. The van der Waals surface area contributed by atoms with Gasteiger partial charge in [-0.3, -0.25) is 14.6 Å². The maximum Gasteiger partial charge on any atom is 0.326 e. The summed E-state index contributed by atoms with van der Waals surface area (Å²) in [5.41, 5.74) is 15.4. The first-order valence-electron chi connectivity index (χ1n) is 5.80. The lowest BCUT2D eigenvalue weighted by molar-refractivity contribution is -0.143. The number of guanidine groups is 1. The fraction of sp³-hybridized carbons (Fsp3) is 0.600. The second kappa shape index (κ2) is 8.69. The van der Waals surface area contributed by atoms with Crippen molar-refractivity contribution in [3.05, 3.63) is 0 Å². The van der Waals surface area contributed by atoms with Gasteiger partial charge in [-0.1, -0.05) is 0 Å². The first-order valence-corrected chi connectivity index (χ1v) is 5.80. The third-order valence-electron chi connectivity index (χ3n) is 2.30. The number of aliphatic imine (C=N–C) groups is 1. The molecule has 0 saturated heterocycles. The Labute approximate surface area is 115 Å². The maximum absolute atomic E-state index is 11.4. The van der Waals surface area contributed by atoms with Crippen LogP contribution < -0.4 is 22.5 Å². The Hall–Kier alpha value is -2.36. The quantitative estimate of drug-likeness (QED) is 0.151. The van der Waals surface area contributed by atoms with E-state index in [1.165, 1.54) is 0 Å².